The summed E-state index contributed by atoms with van der Waals surface area (Å²) in [6.07, 6.45) is 4.78. The average Bonchev–Trinajstić information content (AvgIpc) is 2.83. The van der Waals surface area contributed by atoms with Gasteiger partial charge in [0.2, 0.25) is 0 Å². The summed E-state index contributed by atoms with van der Waals surface area (Å²) in [4.78, 5) is 29.3. The van der Waals surface area contributed by atoms with Gasteiger partial charge in [-0.1, -0.05) is 13.3 Å². The average molecular weight is 275 g/mol. The summed E-state index contributed by atoms with van der Waals surface area (Å²) in [5.41, 5.74) is 0.462. The van der Waals surface area contributed by atoms with Gasteiger partial charge < -0.3 is 10.0 Å². The molecule has 1 amide bonds. The molecule has 0 saturated heterocycles. The molecule has 1 N–H and O–H groups in total. The van der Waals surface area contributed by atoms with E-state index in [0.717, 1.165) is 12.8 Å². The summed E-state index contributed by atoms with van der Waals surface area (Å²) in [7, 11) is 1.70. The zero-order valence-corrected chi connectivity index (χ0v) is 11.5. The van der Waals surface area contributed by atoms with Crippen LogP contribution in [0.5, 0.6) is 0 Å². The second-order valence-corrected chi connectivity index (χ2v) is 4.65. The first kappa shape index (κ1) is 14.0. The molecule has 6 heteroatoms. The number of fused-ring (bicyclic) bond motifs is 1. The summed E-state index contributed by atoms with van der Waals surface area (Å²) in [5.74, 6) is -1.06. The third-order valence-corrected chi connectivity index (χ3v) is 3.17. The Morgan fingerprint density at radius 2 is 2.20 bits per heavy atom. The lowest BCUT2D eigenvalue weighted by molar-refractivity contribution is 0.0699. The van der Waals surface area contributed by atoms with E-state index in [2.05, 4.69) is 4.98 Å². The van der Waals surface area contributed by atoms with E-state index in [1.54, 1.807) is 30.3 Å². The zero-order chi connectivity index (χ0) is 14.7. The first-order chi connectivity index (χ1) is 9.56. The van der Waals surface area contributed by atoms with Crippen LogP contribution in [-0.4, -0.2) is 45.2 Å². The molecule has 0 aliphatic rings. The van der Waals surface area contributed by atoms with E-state index in [4.69, 9.17) is 0 Å². The van der Waals surface area contributed by atoms with E-state index in [9.17, 15) is 14.7 Å². The normalized spacial score (nSPS) is 10.7. The molecule has 106 valence electrons. The molecule has 2 aromatic rings. The highest BCUT2D eigenvalue weighted by Gasteiger charge is 2.20. The summed E-state index contributed by atoms with van der Waals surface area (Å²) >= 11 is 0. The number of unbranched alkanes of at least 4 members (excludes halogenated alkanes) is 1. The van der Waals surface area contributed by atoms with Crippen molar-refractivity contribution in [3.05, 3.63) is 30.1 Å². The van der Waals surface area contributed by atoms with Crippen LogP contribution < -0.4 is 0 Å². The standard InChI is InChI=1S/C14H17N3O3/c1-3-4-8-16(2)14(20)17-9-11(13(18)19)10-6-5-7-15-12(10)17/h5-7,9H,3-4,8H2,1-2H3,(H,18,19). The molecule has 0 aliphatic carbocycles. The van der Waals surface area contributed by atoms with Crippen molar-refractivity contribution < 1.29 is 14.7 Å². The van der Waals surface area contributed by atoms with E-state index in [1.807, 2.05) is 6.92 Å². The summed E-state index contributed by atoms with van der Waals surface area (Å²) in [6, 6.07) is 3.04. The Morgan fingerprint density at radius 1 is 1.45 bits per heavy atom. The van der Waals surface area contributed by atoms with Gasteiger partial charge in [-0.2, -0.15) is 0 Å². The highest BCUT2D eigenvalue weighted by Crippen LogP contribution is 2.19. The molecule has 0 bridgehead atoms. The first-order valence-corrected chi connectivity index (χ1v) is 6.51. The van der Waals surface area contributed by atoms with Gasteiger partial charge in [0.1, 0.15) is 5.65 Å². The molecule has 0 unspecified atom stereocenters. The number of aromatic nitrogens is 2. The number of carbonyl (C=O) groups is 2. The monoisotopic (exact) mass is 275 g/mol. The van der Waals surface area contributed by atoms with Gasteiger partial charge in [0.05, 0.1) is 5.56 Å². The van der Waals surface area contributed by atoms with Gasteiger partial charge in [0.25, 0.3) is 0 Å². The van der Waals surface area contributed by atoms with Gasteiger partial charge in [-0.15, -0.1) is 0 Å². The molecule has 20 heavy (non-hydrogen) atoms. The van der Waals surface area contributed by atoms with Crippen LogP contribution in [0, 0.1) is 0 Å². The molecule has 0 spiro atoms. The van der Waals surface area contributed by atoms with Gasteiger partial charge in [-0.05, 0) is 18.6 Å². The van der Waals surface area contributed by atoms with Gasteiger partial charge in [-0.3, -0.25) is 4.57 Å². The SMILES string of the molecule is CCCCN(C)C(=O)n1cc(C(=O)O)c2cccnc21. The van der Waals surface area contributed by atoms with Crippen molar-refractivity contribution in [1.29, 1.82) is 0 Å². The third kappa shape index (κ3) is 2.49. The lowest BCUT2D eigenvalue weighted by Crippen LogP contribution is -2.31. The number of hydrogen-bond acceptors (Lipinski definition) is 3. The topological polar surface area (TPSA) is 75.4 Å². The fourth-order valence-corrected chi connectivity index (χ4v) is 2.05. The fraction of sp³-hybridized carbons (Fsp3) is 0.357. The molecule has 0 saturated carbocycles. The highest BCUT2D eigenvalue weighted by molar-refractivity contribution is 6.05. The quantitative estimate of drug-likeness (QED) is 0.929. The largest absolute Gasteiger partial charge is 0.478 e. The Kier molecular flexibility index (Phi) is 4.02. The molecule has 2 heterocycles. The van der Waals surface area contributed by atoms with Gasteiger partial charge >= 0.3 is 12.0 Å². The molecule has 0 radical (unpaired) electrons. The fourth-order valence-electron chi connectivity index (χ4n) is 2.05. The maximum Gasteiger partial charge on any atom is 0.337 e. The Bertz CT molecular complexity index is 648. The number of rotatable bonds is 4. The van der Waals surface area contributed by atoms with Crippen molar-refractivity contribution in [3.63, 3.8) is 0 Å². The minimum Gasteiger partial charge on any atom is -0.478 e. The Hall–Kier alpha value is -2.37. The Morgan fingerprint density at radius 3 is 2.85 bits per heavy atom. The Balaban J connectivity index is 2.44. The molecular weight excluding hydrogens is 258 g/mol. The van der Waals surface area contributed by atoms with Crippen LogP contribution >= 0.6 is 0 Å². The number of nitrogens with zero attached hydrogens (tertiary/aromatic N) is 3. The molecule has 0 atom stereocenters. The number of aromatic carboxylic acids is 1. The maximum absolute atomic E-state index is 12.4. The van der Waals surface area contributed by atoms with E-state index in [1.165, 1.54) is 10.8 Å². The second kappa shape index (κ2) is 5.73. The molecule has 6 nitrogen and oxygen atoms in total. The summed E-state index contributed by atoms with van der Waals surface area (Å²) in [6.45, 7) is 2.68. The van der Waals surface area contributed by atoms with Crippen LogP contribution in [0.15, 0.2) is 24.5 Å². The predicted octanol–water partition coefficient (Wildman–Crippen LogP) is 2.43. The van der Waals surface area contributed by atoms with Crippen molar-refractivity contribution in [2.45, 2.75) is 19.8 Å². The molecule has 0 fully saturated rings. The van der Waals surface area contributed by atoms with Crippen LogP contribution in [0.4, 0.5) is 4.79 Å². The highest BCUT2D eigenvalue weighted by atomic mass is 16.4. The first-order valence-electron chi connectivity index (χ1n) is 6.51. The van der Waals surface area contributed by atoms with Crippen LogP contribution in [-0.2, 0) is 0 Å². The predicted molar refractivity (Wildman–Crippen MR) is 75.0 cm³/mol. The number of carbonyl (C=O) groups excluding carboxylic acids is 1. The van der Waals surface area contributed by atoms with Crippen molar-refractivity contribution in [2.75, 3.05) is 13.6 Å². The van der Waals surface area contributed by atoms with Crippen LogP contribution in [0.3, 0.4) is 0 Å². The number of amides is 1. The van der Waals surface area contributed by atoms with E-state index in [0.29, 0.717) is 17.6 Å². The molecular formula is C14H17N3O3. The Labute approximate surface area is 116 Å². The number of pyridine rings is 1. The van der Waals surface area contributed by atoms with Crippen molar-refractivity contribution in [1.82, 2.24) is 14.5 Å². The lowest BCUT2D eigenvalue weighted by atomic mass is 10.2. The lowest BCUT2D eigenvalue weighted by Gasteiger charge is -2.17. The number of hydrogen-bond donors (Lipinski definition) is 1. The van der Waals surface area contributed by atoms with E-state index in [-0.39, 0.29) is 11.6 Å². The summed E-state index contributed by atoms with van der Waals surface area (Å²) in [5, 5.41) is 9.66. The number of carboxylic acid groups (broad SMARTS) is 1. The molecule has 0 aliphatic heterocycles. The van der Waals surface area contributed by atoms with E-state index >= 15 is 0 Å². The minimum absolute atomic E-state index is 0.0883. The number of carboxylic acids is 1. The van der Waals surface area contributed by atoms with Crippen molar-refractivity contribution in [2.24, 2.45) is 0 Å². The van der Waals surface area contributed by atoms with Crippen LogP contribution in [0.2, 0.25) is 0 Å². The van der Waals surface area contributed by atoms with Crippen LogP contribution in [0.25, 0.3) is 11.0 Å². The molecule has 2 rings (SSSR count). The van der Waals surface area contributed by atoms with E-state index < -0.39 is 5.97 Å². The molecule has 2 aromatic heterocycles. The zero-order valence-electron chi connectivity index (χ0n) is 11.5. The summed E-state index contributed by atoms with van der Waals surface area (Å²) < 4.78 is 1.30. The smallest absolute Gasteiger partial charge is 0.337 e. The molecule has 0 aromatic carbocycles. The maximum atomic E-state index is 12.4. The van der Waals surface area contributed by atoms with Crippen LogP contribution in [0.1, 0.15) is 30.1 Å². The van der Waals surface area contributed by atoms with Crippen molar-refractivity contribution >= 4 is 23.0 Å². The third-order valence-electron chi connectivity index (χ3n) is 3.17. The van der Waals surface area contributed by atoms with Gasteiger partial charge in [0, 0.05) is 31.4 Å². The second-order valence-electron chi connectivity index (χ2n) is 4.65. The van der Waals surface area contributed by atoms with Crippen molar-refractivity contribution in [3.8, 4) is 0 Å². The van der Waals surface area contributed by atoms with Gasteiger partial charge in [-0.25, -0.2) is 14.6 Å². The minimum atomic E-state index is -1.06. The van der Waals surface area contributed by atoms with Gasteiger partial charge in [0.15, 0.2) is 0 Å².